The first-order valence-corrected chi connectivity index (χ1v) is 11.2. The molecule has 1 aromatic heterocycles. The molecule has 0 aliphatic carbocycles. The fourth-order valence-corrected chi connectivity index (χ4v) is 3.74. The lowest BCUT2D eigenvalue weighted by Crippen LogP contribution is -2.38. The van der Waals surface area contributed by atoms with Gasteiger partial charge in [-0.05, 0) is 43.3 Å². The number of morpholine rings is 1. The highest BCUT2D eigenvalue weighted by Gasteiger charge is 2.12. The first-order valence-electron chi connectivity index (χ1n) is 10.9. The summed E-state index contributed by atoms with van der Waals surface area (Å²) in [6, 6.07) is 17.4. The zero-order chi connectivity index (χ0) is 22.2. The summed E-state index contributed by atoms with van der Waals surface area (Å²) in [6.45, 7) is 5.13. The van der Waals surface area contributed by atoms with Crippen molar-refractivity contribution in [3.8, 4) is 16.9 Å². The molecule has 0 radical (unpaired) electrons. The standard InChI is InChI=1S/C25H27ClN4O2/c26-22-10-7-20(8-11-22)25-21(19-30(28-25)23-5-2-1-3-6-23)9-12-24(31)27-13-4-14-29-15-17-32-18-16-29/h1-3,5-12,19H,4,13-18H2,(H,27,31). The van der Waals surface area contributed by atoms with Gasteiger partial charge < -0.3 is 10.1 Å². The van der Waals surface area contributed by atoms with Gasteiger partial charge in [0.15, 0.2) is 0 Å². The van der Waals surface area contributed by atoms with Crippen molar-refractivity contribution in [2.24, 2.45) is 0 Å². The number of carbonyl (C=O) groups excluding carboxylic acids is 1. The molecule has 32 heavy (non-hydrogen) atoms. The molecule has 3 aromatic rings. The van der Waals surface area contributed by atoms with Crippen LogP contribution in [0.3, 0.4) is 0 Å². The van der Waals surface area contributed by atoms with Crippen LogP contribution in [-0.2, 0) is 9.53 Å². The number of hydrogen-bond donors (Lipinski definition) is 1. The van der Waals surface area contributed by atoms with E-state index in [4.69, 9.17) is 21.4 Å². The van der Waals surface area contributed by atoms with Gasteiger partial charge in [0.25, 0.3) is 0 Å². The SMILES string of the molecule is O=C(C=Cc1cn(-c2ccccc2)nc1-c1ccc(Cl)cc1)NCCCN1CCOCC1. The van der Waals surface area contributed by atoms with E-state index >= 15 is 0 Å². The third kappa shape index (κ3) is 6.07. The lowest BCUT2D eigenvalue weighted by Gasteiger charge is -2.26. The highest BCUT2D eigenvalue weighted by atomic mass is 35.5. The number of rotatable bonds is 8. The van der Waals surface area contributed by atoms with Crippen molar-refractivity contribution in [3.05, 3.63) is 77.5 Å². The molecule has 2 heterocycles. The third-order valence-electron chi connectivity index (χ3n) is 5.35. The molecule has 0 spiro atoms. The highest BCUT2D eigenvalue weighted by Crippen LogP contribution is 2.26. The lowest BCUT2D eigenvalue weighted by atomic mass is 10.1. The minimum absolute atomic E-state index is 0.110. The van der Waals surface area contributed by atoms with Crippen LogP contribution in [0, 0.1) is 0 Å². The molecule has 2 aromatic carbocycles. The van der Waals surface area contributed by atoms with Gasteiger partial charge in [0.05, 0.1) is 24.6 Å². The monoisotopic (exact) mass is 450 g/mol. The zero-order valence-electron chi connectivity index (χ0n) is 17.9. The topological polar surface area (TPSA) is 59.4 Å². The van der Waals surface area contributed by atoms with E-state index in [1.54, 1.807) is 6.08 Å². The molecular formula is C25H27ClN4O2. The van der Waals surface area contributed by atoms with Gasteiger partial charge >= 0.3 is 0 Å². The molecule has 6 nitrogen and oxygen atoms in total. The van der Waals surface area contributed by atoms with Crippen molar-refractivity contribution in [1.29, 1.82) is 0 Å². The predicted octanol–water partition coefficient (Wildman–Crippen LogP) is 4.04. The lowest BCUT2D eigenvalue weighted by molar-refractivity contribution is -0.116. The summed E-state index contributed by atoms with van der Waals surface area (Å²) in [7, 11) is 0. The smallest absolute Gasteiger partial charge is 0.244 e. The number of benzene rings is 2. The average Bonchev–Trinajstić information content (AvgIpc) is 3.26. The fraction of sp³-hybridized carbons (Fsp3) is 0.280. The number of ether oxygens (including phenoxy) is 1. The number of amides is 1. The van der Waals surface area contributed by atoms with Crippen LogP contribution in [-0.4, -0.2) is 60.0 Å². The summed E-state index contributed by atoms with van der Waals surface area (Å²) in [6.07, 6.45) is 6.23. The summed E-state index contributed by atoms with van der Waals surface area (Å²) in [5.41, 5.74) is 3.55. The molecule has 166 valence electrons. The van der Waals surface area contributed by atoms with E-state index < -0.39 is 0 Å². The maximum absolute atomic E-state index is 12.4. The molecule has 7 heteroatoms. The molecule has 1 aliphatic rings. The first kappa shape index (κ1) is 22.3. The minimum Gasteiger partial charge on any atom is -0.379 e. The number of carbonyl (C=O) groups is 1. The second-order valence-electron chi connectivity index (χ2n) is 7.65. The molecule has 1 saturated heterocycles. The molecule has 4 rings (SSSR count). The van der Waals surface area contributed by atoms with E-state index in [0.29, 0.717) is 11.6 Å². The van der Waals surface area contributed by atoms with Crippen molar-refractivity contribution in [2.75, 3.05) is 39.4 Å². The number of halogens is 1. The number of aromatic nitrogens is 2. The normalized spacial score (nSPS) is 14.7. The van der Waals surface area contributed by atoms with E-state index in [2.05, 4.69) is 10.2 Å². The van der Waals surface area contributed by atoms with Gasteiger partial charge in [-0.3, -0.25) is 9.69 Å². The molecule has 0 bridgehead atoms. The Labute approximate surface area is 193 Å². The Kier molecular flexibility index (Phi) is 7.72. The average molecular weight is 451 g/mol. The Morgan fingerprint density at radius 3 is 2.59 bits per heavy atom. The van der Waals surface area contributed by atoms with E-state index in [9.17, 15) is 4.79 Å². The Morgan fingerprint density at radius 2 is 1.84 bits per heavy atom. The van der Waals surface area contributed by atoms with E-state index in [1.165, 1.54) is 0 Å². The Bertz CT molecular complexity index is 1040. The van der Waals surface area contributed by atoms with Crippen LogP contribution in [0.5, 0.6) is 0 Å². The van der Waals surface area contributed by atoms with Crippen LogP contribution in [0.4, 0.5) is 0 Å². The van der Waals surface area contributed by atoms with Gasteiger partial charge in [0.2, 0.25) is 5.91 Å². The van der Waals surface area contributed by atoms with Gasteiger partial charge in [0.1, 0.15) is 0 Å². The van der Waals surface area contributed by atoms with E-state index in [1.807, 2.05) is 71.6 Å². The van der Waals surface area contributed by atoms with Crippen LogP contribution in [0.25, 0.3) is 23.0 Å². The molecule has 1 N–H and O–H groups in total. The number of para-hydroxylation sites is 1. The van der Waals surface area contributed by atoms with Gasteiger partial charge in [-0.1, -0.05) is 41.9 Å². The number of nitrogens with one attached hydrogen (secondary N) is 1. The quantitative estimate of drug-likeness (QED) is 0.415. The van der Waals surface area contributed by atoms with Crippen LogP contribution < -0.4 is 5.32 Å². The highest BCUT2D eigenvalue weighted by molar-refractivity contribution is 6.30. The van der Waals surface area contributed by atoms with Crippen molar-refractivity contribution in [3.63, 3.8) is 0 Å². The zero-order valence-corrected chi connectivity index (χ0v) is 18.7. The van der Waals surface area contributed by atoms with Crippen molar-refractivity contribution >= 4 is 23.6 Å². The summed E-state index contributed by atoms with van der Waals surface area (Å²) >= 11 is 6.05. The van der Waals surface area contributed by atoms with Crippen LogP contribution in [0.1, 0.15) is 12.0 Å². The Balaban J connectivity index is 1.42. The van der Waals surface area contributed by atoms with Gasteiger partial charge in [-0.2, -0.15) is 5.10 Å². The third-order valence-corrected chi connectivity index (χ3v) is 5.60. The largest absolute Gasteiger partial charge is 0.379 e. The maximum Gasteiger partial charge on any atom is 0.244 e. The van der Waals surface area contributed by atoms with Crippen LogP contribution >= 0.6 is 11.6 Å². The second kappa shape index (κ2) is 11.1. The van der Waals surface area contributed by atoms with Crippen molar-refractivity contribution in [2.45, 2.75) is 6.42 Å². The van der Waals surface area contributed by atoms with Crippen molar-refractivity contribution < 1.29 is 9.53 Å². The van der Waals surface area contributed by atoms with Gasteiger partial charge in [-0.15, -0.1) is 0 Å². The van der Waals surface area contributed by atoms with Crippen LogP contribution in [0.2, 0.25) is 5.02 Å². The summed E-state index contributed by atoms with van der Waals surface area (Å²) in [5.74, 6) is -0.110. The molecule has 0 unspecified atom stereocenters. The van der Waals surface area contributed by atoms with Gasteiger partial charge in [-0.25, -0.2) is 4.68 Å². The summed E-state index contributed by atoms with van der Waals surface area (Å²) < 4.78 is 7.18. The summed E-state index contributed by atoms with van der Waals surface area (Å²) in [5, 5.41) is 8.40. The number of hydrogen-bond acceptors (Lipinski definition) is 4. The fourth-order valence-electron chi connectivity index (χ4n) is 3.62. The van der Waals surface area contributed by atoms with Gasteiger partial charge in [0, 0.05) is 48.1 Å². The van der Waals surface area contributed by atoms with Crippen LogP contribution in [0.15, 0.2) is 66.9 Å². The predicted molar refractivity (Wildman–Crippen MR) is 128 cm³/mol. The molecule has 0 saturated carbocycles. The summed E-state index contributed by atoms with van der Waals surface area (Å²) in [4.78, 5) is 14.7. The molecule has 1 amide bonds. The number of nitrogens with zero attached hydrogens (tertiary/aromatic N) is 3. The van der Waals surface area contributed by atoms with Crippen molar-refractivity contribution in [1.82, 2.24) is 20.0 Å². The van der Waals surface area contributed by atoms with E-state index in [0.717, 1.165) is 61.8 Å². The Hall–Kier alpha value is -2.93. The molecular weight excluding hydrogens is 424 g/mol. The van der Waals surface area contributed by atoms with E-state index in [-0.39, 0.29) is 5.91 Å². The minimum atomic E-state index is -0.110. The first-order chi connectivity index (χ1) is 15.7. The Morgan fingerprint density at radius 1 is 1.09 bits per heavy atom. The molecule has 1 aliphatic heterocycles. The molecule has 1 fully saturated rings. The maximum atomic E-state index is 12.4. The molecule has 0 atom stereocenters. The second-order valence-corrected chi connectivity index (χ2v) is 8.09.